The van der Waals surface area contributed by atoms with Gasteiger partial charge in [0.2, 0.25) is 5.91 Å². The lowest BCUT2D eigenvalue weighted by atomic mass is 10.1. The lowest BCUT2D eigenvalue weighted by Crippen LogP contribution is -2.30. The van der Waals surface area contributed by atoms with Crippen molar-refractivity contribution in [2.45, 2.75) is 38.0 Å². The molecule has 1 aromatic carbocycles. The predicted molar refractivity (Wildman–Crippen MR) is 123 cm³/mol. The molecule has 0 radical (unpaired) electrons. The van der Waals surface area contributed by atoms with Gasteiger partial charge in [-0.15, -0.1) is 0 Å². The quantitative estimate of drug-likeness (QED) is 0.474. The molecular formula is C23H22N6O2S. The van der Waals surface area contributed by atoms with Crippen molar-refractivity contribution >= 4 is 28.7 Å². The van der Waals surface area contributed by atoms with Gasteiger partial charge in [0, 0.05) is 31.1 Å². The fourth-order valence-electron chi connectivity index (χ4n) is 3.99. The fourth-order valence-corrected chi connectivity index (χ4v) is 5.12. The lowest BCUT2D eigenvalue weighted by molar-refractivity contribution is -0.121. The molecule has 5 rings (SSSR count). The molecule has 8 nitrogen and oxygen atoms in total. The Morgan fingerprint density at radius 3 is 2.91 bits per heavy atom. The van der Waals surface area contributed by atoms with Gasteiger partial charge in [0.05, 0.1) is 17.9 Å². The second-order valence-electron chi connectivity index (χ2n) is 7.96. The summed E-state index contributed by atoms with van der Waals surface area (Å²) in [6.07, 6.45) is 5.21. The molecule has 4 aromatic rings. The van der Waals surface area contributed by atoms with Crippen LogP contribution in [0.5, 0.6) is 0 Å². The van der Waals surface area contributed by atoms with E-state index in [1.165, 1.54) is 11.8 Å². The third-order valence-electron chi connectivity index (χ3n) is 5.58. The molecule has 0 fully saturated rings. The minimum Gasteiger partial charge on any atom is -0.352 e. The zero-order valence-electron chi connectivity index (χ0n) is 17.8. The first-order valence-corrected chi connectivity index (χ1v) is 11.4. The average Bonchev–Trinajstić information content (AvgIpc) is 3.38. The van der Waals surface area contributed by atoms with E-state index in [9.17, 15) is 9.59 Å². The molecule has 0 bridgehead atoms. The Labute approximate surface area is 188 Å². The first-order valence-electron chi connectivity index (χ1n) is 10.4. The number of rotatable bonds is 5. The average molecular weight is 447 g/mol. The van der Waals surface area contributed by atoms with Gasteiger partial charge in [-0.3, -0.25) is 19.1 Å². The summed E-state index contributed by atoms with van der Waals surface area (Å²) in [5.41, 5.74) is 4.45. The lowest BCUT2D eigenvalue weighted by Gasteiger charge is -2.14. The maximum absolute atomic E-state index is 13.3. The Hall–Kier alpha value is -3.46. The number of nitrogens with one attached hydrogen (secondary N) is 1. The Morgan fingerprint density at radius 2 is 2.12 bits per heavy atom. The van der Waals surface area contributed by atoms with E-state index in [2.05, 4.69) is 21.5 Å². The van der Waals surface area contributed by atoms with Gasteiger partial charge >= 0.3 is 0 Å². The Kier molecular flexibility index (Phi) is 5.26. The molecule has 1 amide bonds. The Bertz CT molecular complexity index is 1380. The number of nitrogens with zero attached hydrogens (tertiary/aromatic N) is 5. The highest BCUT2D eigenvalue weighted by Crippen LogP contribution is 2.33. The monoisotopic (exact) mass is 446 g/mol. The summed E-state index contributed by atoms with van der Waals surface area (Å²) >= 11 is 1.50. The zero-order chi connectivity index (χ0) is 22.2. The van der Waals surface area contributed by atoms with Crippen molar-refractivity contribution in [2.24, 2.45) is 0 Å². The summed E-state index contributed by atoms with van der Waals surface area (Å²) in [6, 6.07) is 9.60. The molecule has 0 saturated carbocycles. The van der Waals surface area contributed by atoms with Crippen LogP contribution in [0.15, 0.2) is 58.9 Å². The van der Waals surface area contributed by atoms with Gasteiger partial charge < -0.3 is 5.32 Å². The van der Waals surface area contributed by atoms with Crippen LogP contribution in [-0.2, 0) is 11.3 Å². The molecule has 1 unspecified atom stereocenters. The molecule has 3 aromatic heterocycles. The van der Waals surface area contributed by atoms with Crippen LogP contribution in [0.4, 0.5) is 0 Å². The molecule has 1 atom stereocenters. The number of thioether (sulfide) groups is 1. The minimum atomic E-state index is -0.238. The minimum absolute atomic E-state index is 0.106. The second kappa shape index (κ2) is 8.23. The normalized spacial score (nSPS) is 15.1. The van der Waals surface area contributed by atoms with Gasteiger partial charge in [-0.1, -0.05) is 35.5 Å². The van der Waals surface area contributed by atoms with E-state index in [4.69, 9.17) is 4.98 Å². The maximum atomic E-state index is 13.3. The van der Waals surface area contributed by atoms with E-state index in [1.807, 2.05) is 38.1 Å². The van der Waals surface area contributed by atoms with Crippen molar-refractivity contribution in [2.75, 3.05) is 5.75 Å². The first-order chi connectivity index (χ1) is 15.5. The van der Waals surface area contributed by atoms with Gasteiger partial charge in [-0.05, 0) is 37.1 Å². The number of pyridine rings is 1. The van der Waals surface area contributed by atoms with E-state index in [-0.39, 0.29) is 23.9 Å². The summed E-state index contributed by atoms with van der Waals surface area (Å²) < 4.78 is 3.37. The Balaban J connectivity index is 1.42. The van der Waals surface area contributed by atoms with Gasteiger partial charge in [0.15, 0.2) is 10.8 Å². The molecule has 1 aliphatic heterocycles. The maximum Gasteiger partial charge on any atom is 0.265 e. The Morgan fingerprint density at radius 1 is 1.25 bits per heavy atom. The zero-order valence-corrected chi connectivity index (χ0v) is 18.6. The SMILES string of the molecule is Cc1ccc(-n2ncc3c(=O)n4c(nc32)SCC4CC(=O)NCc2cccnc2)c(C)c1. The number of benzene rings is 1. The summed E-state index contributed by atoms with van der Waals surface area (Å²) in [5, 5.41) is 8.44. The van der Waals surface area contributed by atoms with Gasteiger partial charge in [0.25, 0.3) is 5.56 Å². The van der Waals surface area contributed by atoms with E-state index in [0.717, 1.165) is 22.4 Å². The molecule has 1 N–H and O–H groups in total. The van der Waals surface area contributed by atoms with Crippen molar-refractivity contribution < 1.29 is 4.79 Å². The molecule has 32 heavy (non-hydrogen) atoms. The smallest absolute Gasteiger partial charge is 0.265 e. The molecule has 162 valence electrons. The molecule has 1 aliphatic rings. The van der Waals surface area contributed by atoms with E-state index in [1.54, 1.807) is 27.8 Å². The largest absolute Gasteiger partial charge is 0.352 e. The topological polar surface area (TPSA) is 94.7 Å². The summed E-state index contributed by atoms with van der Waals surface area (Å²) in [6.45, 7) is 4.47. The number of fused-ring (bicyclic) bond motifs is 2. The first kappa shape index (κ1) is 20.4. The summed E-state index contributed by atoms with van der Waals surface area (Å²) in [5.74, 6) is 0.525. The van der Waals surface area contributed by atoms with E-state index in [0.29, 0.717) is 28.5 Å². The third kappa shape index (κ3) is 3.69. The van der Waals surface area contributed by atoms with Crippen LogP contribution in [0.1, 0.15) is 29.2 Å². The van der Waals surface area contributed by atoms with Crippen LogP contribution in [0.2, 0.25) is 0 Å². The van der Waals surface area contributed by atoms with Crippen LogP contribution in [0.25, 0.3) is 16.7 Å². The highest BCUT2D eigenvalue weighted by Gasteiger charge is 2.29. The van der Waals surface area contributed by atoms with Crippen molar-refractivity contribution in [3.63, 3.8) is 0 Å². The van der Waals surface area contributed by atoms with Crippen molar-refractivity contribution in [1.82, 2.24) is 29.6 Å². The number of hydrogen-bond acceptors (Lipinski definition) is 6. The van der Waals surface area contributed by atoms with Crippen LogP contribution < -0.4 is 10.9 Å². The van der Waals surface area contributed by atoms with Crippen molar-refractivity contribution in [3.8, 4) is 5.69 Å². The van der Waals surface area contributed by atoms with Crippen molar-refractivity contribution in [3.05, 3.63) is 76.0 Å². The second-order valence-corrected chi connectivity index (χ2v) is 8.95. The number of hydrogen-bond donors (Lipinski definition) is 1. The number of carbonyl (C=O) groups excluding carboxylic acids is 1. The summed E-state index contributed by atoms with van der Waals surface area (Å²) in [7, 11) is 0. The van der Waals surface area contributed by atoms with Crippen LogP contribution in [0, 0.1) is 13.8 Å². The molecule has 0 saturated heterocycles. The number of aromatic nitrogens is 5. The van der Waals surface area contributed by atoms with Crippen LogP contribution in [0.3, 0.4) is 0 Å². The van der Waals surface area contributed by atoms with Crippen LogP contribution >= 0.6 is 11.8 Å². The highest BCUT2D eigenvalue weighted by molar-refractivity contribution is 7.99. The number of amides is 1. The molecule has 9 heteroatoms. The molecular weight excluding hydrogens is 424 g/mol. The fraction of sp³-hybridized carbons (Fsp3) is 0.261. The summed E-state index contributed by atoms with van der Waals surface area (Å²) in [4.78, 5) is 34.6. The van der Waals surface area contributed by atoms with Gasteiger partial charge in [0.1, 0.15) is 5.39 Å². The van der Waals surface area contributed by atoms with Gasteiger partial charge in [-0.2, -0.15) is 5.10 Å². The van der Waals surface area contributed by atoms with Crippen molar-refractivity contribution in [1.29, 1.82) is 0 Å². The highest BCUT2D eigenvalue weighted by atomic mass is 32.2. The van der Waals surface area contributed by atoms with Gasteiger partial charge in [-0.25, -0.2) is 9.67 Å². The number of aryl methyl sites for hydroxylation is 2. The third-order valence-corrected chi connectivity index (χ3v) is 6.68. The standard InChI is InChI=1S/C23H22N6O2S/c1-14-5-6-19(15(2)8-14)29-21-18(12-26-29)22(31)28-17(13-32-23(28)27-21)9-20(30)25-11-16-4-3-7-24-10-16/h3-8,10,12,17H,9,11,13H2,1-2H3,(H,25,30). The molecule has 0 spiro atoms. The number of carbonyl (C=O) groups is 1. The molecule has 4 heterocycles. The van der Waals surface area contributed by atoms with Crippen LogP contribution in [-0.4, -0.2) is 36.0 Å². The van der Waals surface area contributed by atoms with E-state index >= 15 is 0 Å². The van der Waals surface area contributed by atoms with E-state index < -0.39 is 0 Å². The predicted octanol–water partition coefficient (Wildman–Crippen LogP) is 2.95. The molecule has 0 aliphatic carbocycles.